The molecule has 0 aromatic rings. The maximum Gasteiger partial charge on any atom is 0.472 e. The van der Waals surface area contributed by atoms with Gasteiger partial charge in [0.25, 0.3) is 0 Å². The molecule has 2 N–H and O–H groups in total. The Morgan fingerprint density at radius 2 is 0.722 bits per heavy atom. The Kier molecular flexibility index (Phi) is 51.4. The Morgan fingerprint density at radius 1 is 0.403 bits per heavy atom. The number of esters is 3. The van der Waals surface area contributed by atoms with E-state index in [1.165, 1.54) is 44.9 Å². The molecule has 0 amide bonds. The molecule has 11 nitrogen and oxygen atoms in total. The smallest absolute Gasteiger partial charge is 0.462 e. The first kappa shape index (κ1) is 68.7. The second kappa shape index (κ2) is 53.9. The van der Waals surface area contributed by atoms with E-state index in [4.69, 9.17) is 23.3 Å². The van der Waals surface area contributed by atoms with Crippen LogP contribution in [-0.4, -0.2) is 66.5 Å². The van der Waals surface area contributed by atoms with Crippen LogP contribution in [0.5, 0.6) is 0 Å². The predicted octanol–water partition coefficient (Wildman–Crippen LogP) is 16.7. The van der Waals surface area contributed by atoms with Crippen LogP contribution >= 0.6 is 7.82 Å². The summed E-state index contributed by atoms with van der Waals surface area (Å²) in [5, 5.41) is 9.79. The van der Waals surface area contributed by atoms with Crippen LogP contribution < -0.4 is 0 Å². The Morgan fingerprint density at radius 3 is 1.11 bits per heavy atom. The topological polar surface area (TPSA) is 155 Å². The zero-order chi connectivity index (χ0) is 52.7. The highest BCUT2D eigenvalue weighted by molar-refractivity contribution is 7.47. The standard InChI is InChI=1S/C60H103O11P/c1-4-7-10-13-16-19-22-24-26-27-28-29-31-32-35-37-40-43-46-49-58(62)67-53-57(71-60(64)51-48-45-42-39-36-33-30-25-23-20-17-14-11-8-5-2)55-69-72(65,66)68-54-56(52-61)70-59(63)50-47-44-41-38-34-21-18-15-12-9-6-3/h7-8,10-11,16-17,19-20,24-26,28-30,56-57,61H,4-6,9,12-15,18,21-23,27,31-55H2,1-3H3,(H,65,66)/b10-7-,11-8-,19-16-,20-17-,26-24-,29-28-,30-25-. The van der Waals surface area contributed by atoms with Crippen LogP contribution in [0, 0.1) is 0 Å². The number of aliphatic hydroxyl groups is 1. The lowest BCUT2D eigenvalue weighted by molar-refractivity contribution is -0.161. The van der Waals surface area contributed by atoms with Gasteiger partial charge in [0.05, 0.1) is 19.8 Å². The van der Waals surface area contributed by atoms with Gasteiger partial charge in [0, 0.05) is 19.3 Å². The van der Waals surface area contributed by atoms with E-state index >= 15 is 0 Å². The lowest BCUT2D eigenvalue weighted by Gasteiger charge is -2.21. The zero-order valence-electron chi connectivity index (χ0n) is 45.6. The van der Waals surface area contributed by atoms with E-state index in [1.807, 2.05) is 0 Å². The lowest BCUT2D eigenvalue weighted by atomic mass is 10.1. The van der Waals surface area contributed by atoms with E-state index in [0.717, 1.165) is 135 Å². The van der Waals surface area contributed by atoms with Gasteiger partial charge in [-0.1, -0.05) is 215 Å². The number of unbranched alkanes of at least 4 members (excludes halogenated alkanes) is 21. The van der Waals surface area contributed by atoms with Crippen LogP contribution in [0.25, 0.3) is 0 Å². The molecule has 0 bridgehead atoms. The summed E-state index contributed by atoms with van der Waals surface area (Å²) in [4.78, 5) is 48.5. The summed E-state index contributed by atoms with van der Waals surface area (Å²) in [5.74, 6) is -1.50. The largest absolute Gasteiger partial charge is 0.472 e. The van der Waals surface area contributed by atoms with Gasteiger partial charge in [0.1, 0.15) is 12.7 Å². The SMILES string of the molecule is CC/C=C\C/C=C\C/C=C\C/C=C\CCCCCCCCC(=O)OCC(COP(=O)(O)OCC(CO)OC(=O)CCCCCCCCCCCCC)OC(=O)CCCCCCC/C=C\C/C=C\C/C=C\CC. The number of aliphatic hydroxyl groups excluding tert-OH is 1. The van der Waals surface area contributed by atoms with Crippen molar-refractivity contribution in [1.82, 2.24) is 0 Å². The number of hydrogen-bond donors (Lipinski definition) is 2. The predicted molar refractivity (Wildman–Crippen MR) is 298 cm³/mol. The molecule has 0 saturated carbocycles. The molecule has 3 unspecified atom stereocenters. The summed E-state index contributed by atoms with van der Waals surface area (Å²) >= 11 is 0. The summed E-state index contributed by atoms with van der Waals surface area (Å²) in [6, 6.07) is 0. The molecule has 414 valence electrons. The van der Waals surface area contributed by atoms with Crippen LogP contribution in [0.1, 0.15) is 239 Å². The first-order valence-electron chi connectivity index (χ1n) is 28.5. The fourth-order valence-corrected chi connectivity index (χ4v) is 8.32. The van der Waals surface area contributed by atoms with E-state index < -0.39 is 57.8 Å². The molecule has 0 radical (unpaired) electrons. The first-order valence-corrected chi connectivity index (χ1v) is 30.0. The number of phosphoric ester groups is 1. The minimum Gasteiger partial charge on any atom is -0.462 e. The molecular weight excluding hydrogens is 928 g/mol. The van der Waals surface area contributed by atoms with E-state index in [2.05, 4.69) is 106 Å². The summed E-state index contributed by atoms with van der Waals surface area (Å²) in [6.07, 6.45) is 61.1. The molecule has 0 rings (SSSR count). The lowest BCUT2D eigenvalue weighted by Crippen LogP contribution is -2.30. The number of hydrogen-bond acceptors (Lipinski definition) is 10. The van der Waals surface area contributed by atoms with E-state index in [1.54, 1.807) is 0 Å². The van der Waals surface area contributed by atoms with Gasteiger partial charge < -0.3 is 24.2 Å². The Hall–Kier alpha value is -3.34. The molecule has 0 aromatic heterocycles. The molecular formula is C60H103O11P. The number of ether oxygens (including phenoxy) is 3. The highest BCUT2D eigenvalue weighted by Crippen LogP contribution is 2.43. The van der Waals surface area contributed by atoms with Crippen LogP contribution in [0.2, 0.25) is 0 Å². The average Bonchev–Trinajstić information content (AvgIpc) is 3.37. The van der Waals surface area contributed by atoms with Gasteiger partial charge in [0.2, 0.25) is 0 Å². The normalized spacial score (nSPS) is 14.0. The van der Waals surface area contributed by atoms with E-state index in [0.29, 0.717) is 19.3 Å². The van der Waals surface area contributed by atoms with Gasteiger partial charge in [-0.2, -0.15) is 0 Å². The third kappa shape index (κ3) is 51.6. The highest BCUT2D eigenvalue weighted by Gasteiger charge is 2.28. The summed E-state index contributed by atoms with van der Waals surface area (Å²) in [7, 11) is -4.75. The van der Waals surface area contributed by atoms with Crippen LogP contribution in [-0.2, 0) is 42.2 Å². The Bertz CT molecular complexity index is 1530. The van der Waals surface area contributed by atoms with Crippen molar-refractivity contribution < 1.29 is 52.2 Å². The molecule has 0 aliphatic carbocycles. The van der Waals surface area contributed by atoms with Crippen molar-refractivity contribution in [2.45, 2.75) is 251 Å². The van der Waals surface area contributed by atoms with Crippen LogP contribution in [0.3, 0.4) is 0 Å². The van der Waals surface area contributed by atoms with Crippen molar-refractivity contribution in [3.8, 4) is 0 Å². The minimum absolute atomic E-state index is 0.142. The molecule has 3 atom stereocenters. The second-order valence-corrected chi connectivity index (χ2v) is 20.1. The average molecular weight is 1030 g/mol. The molecule has 0 fully saturated rings. The number of carbonyl (C=O) groups excluding carboxylic acids is 3. The summed E-state index contributed by atoms with van der Waals surface area (Å²) in [5.41, 5.74) is 0. The van der Waals surface area contributed by atoms with Crippen LogP contribution in [0.4, 0.5) is 0 Å². The van der Waals surface area contributed by atoms with E-state index in [9.17, 15) is 28.9 Å². The highest BCUT2D eigenvalue weighted by atomic mass is 31.2. The fraction of sp³-hybridized carbons (Fsp3) is 0.717. The van der Waals surface area contributed by atoms with E-state index in [-0.39, 0.29) is 25.9 Å². The quantitative estimate of drug-likeness (QED) is 0.0197. The molecule has 0 spiro atoms. The molecule has 0 saturated heterocycles. The number of phosphoric acid groups is 1. The van der Waals surface area contributed by atoms with Crippen LogP contribution in [0.15, 0.2) is 85.1 Å². The Balaban J connectivity index is 4.77. The van der Waals surface area contributed by atoms with Crippen molar-refractivity contribution in [3.05, 3.63) is 85.1 Å². The van der Waals surface area contributed by atoms with Gasteiger partial charge >= 0.3 is 25.7 Å². The minimum atomic E-state index is -4.75. The maximum absolute atomic E-state index is 12.9. The van der Waals surface area contributed by atoms with Crippen molar-refractivity contribution >= 4 is 25.7 Å². The first-order chi connectivity index (χ1) is 35.2. The van der Waals surface area contributed by atoms with Gasteiger partial charge in [-0.25, -0.2) is 4.57 Å². The number of allylic oxidation sites excluding steroid dienone is 14. The van der Waals surface area contributed by atoms with Gasteiger partial charge in [-0.3, -0.25) is 23.4 Å². The fourth-order valence-electron chi connectivity index (χ4n) is 7.54. The van der Waals surface area contributed by atoms with Crippen molar-refractivity contribution in [2.24, 2.45) is 0 Å². The molecule has 0 heterocycles. The molecule has 12 heteroatoms. The molecule has 0 aliphatic rings. The molecule has 0 aliphatic heterocycles. The third-order valence-electron chi connectivity index (χ3n) is 11.8. The summed E-state index contributed by atoms with van der Waals surface area (Å²) in [6.45, 7) is 4.38. The second-order valence-electron chi connectivity index (χ2n) is 18.7. The zero-order valence-corrected chi connectivity index (χ0v) is 46.5. The van der Waals surface area contributed by atoms with Gasteiger partial charge in [0.15, 0.2) is 6.10 Å². The monoisotopic (exact) mass is 1030 g/mol. The van der Waals surface area contributed by atoms with Gasteiger partial charge in [-0.15, -0.1) is 0 Å². The number of carbonyl (C=O) groups is 3. The Labute approximate surface area is 439 Å². The van der Waals surface area contributed by atoms with Gasteiger partial charge in [-0.05, 0) is 89.9 Å². The van der Waals surface area contributed by atoms with Crippen molar-refractivity contribution in [2.75, 3.05) is 26.4 Å². The van der Waals surface area contributed by atoms with Crippen molar-refractivity contribution in [1.29, 1.82) is 0 Å². The summed E-state index contributed by atoms with van der Waals surface area (Å²) < 4.78 is 39.5. The number of rotatable bonds is 52. The van der Waals surface area contributed by atoms with Crippen molar-refractivity contribution in [3.63, 3.8) is 0 Å². The maximum atomic E-state index is 12.9. The molecule has 72 heavy (non-hydrogen) atoms. The third-order valence-corrected chi connectivity index (χ3v) is 12.8. The molecule has 0 aromatic carbocycles.